The van der Waals surface area contributed by atoms with E-state index in [1.54, 1.807) is 0 Å². The highest BCUT2D eigenvalue weighted by Gasteiger charge is 2.36. The van der Waals surface area contributed by atoms with E-state index in [0.717, 1.165) is 17.9 Å². The number of nitrogens with one attached hydrogen (secondary N) is 1. The van der Waals surface area contributed by atoms with E-state index >= 15 is 0 Å². The molecule has 0 saturated heterocycles. The average molecular weight is 252 g/mol. The Morgan fingerprint density at radius 1 is 1.06 bits per heavy atom. The van der Waals surface area contributed by atoms with Crippen LogP contribution in [0.15, 0.2) is 0 Å². The standard InChI is InChI=1S/C16H32N2/c1-13-7-8-15(11-14(13)2)17-12-16(18(3)4)9-5-6-10-16/h13-15,17H,5-12H2,1-4H3. The minimum absolute atomic E-state index is 0.451. The lowest BCUT2D eigenvalue weighted by Gasteiger charge is -2.40. The molecule has 1 N–H and O–H groups in total. The van der Waals surface area contributed by atoms with Crippen molar-refractivity contribution in [3.8, 4) is 0 Å². The highest BCUT2D eigenvalue weighted by molar-refractivity contribution is 4.95. The summed E-state index contributed by atoms with van der Waals surface area (Å²) in [7, 11) is 4.52. The molecule has 0 aliphatic heterocycles. The summed E-state index contributed by atoms with van der Waals surface area (Å²) in [5, 5.41) is 3.90. The predicted octanol–water partition coefficient (Wildman–Crippen LogP) is 3.28. The predicted molar refractivity (Wildman–Crippen MR) is 78.9 cm³/mol. The molecule has 2 saturated carbocycles. The second-order valence-corrected chi connectivity index (χ2v) is 7.17. The number of hydrogen-bond donors (Lipinski definition) is 1. The molecule has 18 heavy (non-hydrogen) atoms. The summed E-state index contributed by atoms with van der Waals surface area (Å²) in [6.07, 6.45) is 9.76. The van der Waals surface area contributed by atoms with Gasteiger partial charge in [-0.1, -0.05) is 26.7 Å². The van der Waals surface area contributed by atoms with Crippen LogP contribution in [0, 0.1) is 11.8 Å². The zero-order valence-electron chi connectivity index (χ0n) is 12.8. The zero-order valence-corrected chi connectivity index (χ0v) is 12.8. The second-order valence-electron chi connectivity index (χ2n) is 7.17. The second kappa shape index (κ2) is 5.92. The molecule has 0 radical (unpaired) electrons. The molecule has 0 heterocycles. The summed E-state index contributed by atoms with van der Waals surface area (Å²) in [6, 6.07) is 0.772. The third-order valence-corrected chi connectivity index (χ3v) is 5.80. The van der Waals surface area contributed by atoms with Crippen LogP contribution in [0.3, 0.4) is 0 Å². The van der Waals surface area contributed by atoms with E-state index in [2.05, 4.69) is 38.2 Å². The van der Waals surface area contributed by atoms with Crippen LogP contribution in [0.2, 0.25) is 0 Å². The van der Waals surface area contributed by atoms with Gasteiger partial charge in [-0.15, -0.1) is 0 Å². The fourth-order valence-electron chi connectivity index (χ4n) is 3.88. The molecule has 106 valence electrons. The van der Waals surface area contributed by atoms with E-state index in [-0.39, 0.29) is 0 Å². The van der Waals surface area contributed by atoms with Crippen LogP contribution in [0.1, 0.15) is 58.8 Å². The van der Waals surface area contributed by atoms with Crippen molar-refractivity contribution in [2.45, 2.75) is 70.4 Å². The van der Waals surface area contributed by atoms with Crippen molar-refractivity contribution < 1.29 is 0 Å². The summed E-state index contributed by atoms with van der Waals surface area (Å²) >= 11 is 0. The van der Waals surface area contributed by atoms with E-state index in [1.165, 1.54) is 51.5 Å². The highest BCUT2D eigenvalue weighted by atomic mass is 15.2. The Kier molecular flexibility index (Phi) is 4.71. The smallest absolute Gasteiger partial charge is 0.0327 e. The van der Waals surface area contributed by atoms with E-state index in [0.29, 0.717) is 5.54 Å². The van der Waals surface area contributed by atoms with E-state index in [1.807, 2.05) is 0 Å². The molecule has 0 spiro atoms. The Balaban J connectivity index is 1.83. The van der Waals surface area contributed by atoms with Crippen LogP contribution in [0.25, 0.3) is 0 Å². The van der Waals surface area contributed by atoms with Crippen LogP contribution in [0.5, 0.6) is 0 Å². The Hall–Kier alpha value is -0.0800. The van der Waals surface area contributed by atoms with Gasteiger partial charge < -0.3 is 10.2 Å². The molecule has 3 unspecified atom stereocenters. The maximum Gasteiger partial charge on any atom is 0.0327 e. The van der Waals surface area contributed by atoms with Gasteiger partial charge in [-0.2, -0.15) is 0 Å². The van der Waals surface area contributed by atoms with Crippen molar-refractivity contribution in [3.05, 3.63) is 0 Å². The summed E-state index contributed by atoms with van der Waals surface area (Å²) in [6.45, 7) is 6.04. The SMILES string of the molecule is CC1CCC(NCC2(N(C)C)CCCC2)CC1C. The van der Waals surface area contributed by atoms with Crippen molar-refractivity contribution >= 4 is 0 Å². The van der Waals surface area contributed by atoms with Crippen molar-refractivity contribution in [2.75, 3.05) is 20.6 Å². The van der Waals surface area contributed by atoms with Crippen LogP contribution >= 0.6 is 0 Å². The van der Waals surface area contributed by atoms with Crippen LogP contribution in [-0.4, -0.2) is 37.1 Å². The first-order chi connectivity index (χ1) is 8.53. The normalized spacial score (nSPS) is 36.2. The molecule has 0 aromatic heterocycles. The molecule has 2 aliphatic rings. The third-order valence-electron chi connectivity index (χ3n) is 5.80. The van der Waals surface area contributed by atoms with Crippen molar-refractivity contribution in [1.82, 2.24) is 10.2 Å². The molecule has 2 nitrogen and oxygen atoms in total. The lowest BCUT2D eigenvalue weighted by molar-refractivity contribution is 0.136. The molecule has 0 aromatic rings. The largest absolute Gasteiger partial charge is 0.312 e. The fourth-order valence-corrected chi connectivity index (χ4v) is 3.88. The highest BCUT2D eigenvalue weighted by Crippen LogP contribution is 2.34. The molecule has 2 aliphatic carbocycles. The summed E-state index contributed by atoms with van der Waals surface area (Å²) < 4.78 is 0. The quantitative estimate of drug-likeness (QED) is 0.826. The monoisotopic (exact) mass is 252 g/mol. The summed E-state index contributed by atoms with van der Waals surface area (Å²) in [4.78, 5) is 2.47. The first kappa shape index (κ1) is 14.3. The Labute approximate surface area is 114 Å². The van der Waals surface area contributed by atoms with Gasteiger partial charge in [0.05, 0.1) is 0 Å². The van der Waals surface area contributed by atoms with Gasteiger partial charge in [0.1, 0.15) is 0 Å². The first-order valence-electron chi connectivity index (χ1n) is 7.94. The van der Waals surface area contributed by atoms with E-state index in [4.69, 9.17) is 0 Å². The van der Waals surface area contributed by atoms with Crippen LogP contribution < -0.4 is 5.32 Å². The minimum Gasteiger partial charge on any atom is -0.312 e. The number of likely N-dealkylation sites (N-methyl/N-ethyl adjacent to an activating group) is 1. The molecule has 2 rings (SSSR count). The molecule has 3 atom stereocenters. The Morgan fingerprint density at radius 3 is 2.28 bits per heavy atom. The third kappa shape index (κ3) is 3.08. The summed E-state index contributed by atoms with van der Waals surface area (Å²) in [5.41, 5.74) is 0.451. The van der Waals surface area contributed by atoms with Gasteiger partial charge in [0.15, 0.2) is 0 Å². The van der Waals surface area contributed by atoms with Gasteiger partial charge >= 0.3 is 0 Å². The molecule has 2 fully saturated rings. The molecular formula is C16H32N2. The van der Waals surface area contributed by atoms with Gasteiger partial charge in [-0.3, -0.25) is 0 Å². The average Bonchev–Trinajstić information content (AvgIpc) is 2.81. The lowest BCUT2D eigenvalue weighted by Crippen LogP contribution is -2.52. The van der Waals surface area contributed by atoms with Gasteiger partial charge in [0, 0.05) is 18.1 Å². The topological polar surface area (TPSA) is 15.3 Å². The Bertz CT molecular complexity index is 256. The number of nitrogens with zero attached hydrogens (tertiary/aromatic N) is 1. The molecule has 0 amide bonds. The first-order valence-corrected chi connectivity index (χ1v) is 7.94. The Morgan fingerprint density at radius 2 is 1.72 bits per heavy atom. The minimum atomic E-state index is 0.451. The van der Waals surface area contributed by atoms with Crippen LogP contribution in [-0.2, 0) is 0 Å². The summed E-state index contributed by atoms with van der Waals surface area (Å²) in [5.74, 6) is 1.83. The van der Waals surface area contributed by atoms with Gasteiger partial charge in [-0.05, 0) is 58.0 Å². The molecule has 2 heteroatoms. The molecule has 0 aromatic carbocycles. The maximum absolute atomic E-state index is 3.90. The molecule has 0 bridgehead atoms. The van der Waals surface area contributed by atoms with Gasteiger partial charge in [-0.25, -0.2) is 0 Å². The zero-order chi connectivity index (χ0) is 13.2. The molecular weight excluding hydrogens is 220 g/mol. The maximum atomic E-state index is 3.90. The number of hydrogen-bond acceptors (Lipinski definition) is 2. The van der Waals surface area contributed by atoms with E-state index < -0.39 is 0 Å². The van der Waals surface area contributed by atoms with Crippen molar-refractivity contribution in [2.24, 2.45) is 11.8 Å². The number of rotatable bonds is 4. The van der Waals surface area contributed by atoms with Crippen molar-refractivity contribution in [1.29, 1.82) is 0 Å². The van der Waals surface area contributed by atoms with Crippen molar-refractivity contribution in [3.63, 3.8) is 0 Å². The van der Waals surface area contributed by atoms with Gasteiger partial charge in [0.25, 0.3) is 0 Å². The van der Waals surface area contributed by atoms with Gasteiger partial charge in [0.2, 0.25) is 0 Å². The van der Waals surface area contributed by atoms with E-state index in [9.17, 15) is 0 Å². The van der Waals surface area contributed by atoms with Crippen LogP contribution in [0.4, 0.5) is 0 Å². The lowest BCUT2D eigenvalue weighted by atomic mass is 9.79. The fraction of sp³-hybridized carbons (Fsp3) is 1.00.